The molecular weight excluding hydrogens is 282 g/mol. The number of phenols is 1. The van der Waals surface area contributed by atoms with Crippen LogP contribution in [0.25, 0.3) is 0 Å². The molecule has 1 unspecified atom stereocenters. The van der Waals surface area contributed by atoms with E-state index in [0.717, 1.165) is 5.56 Å². The Kier molecular flexibility index (Phi) is 3.13. The highest BCUT2D eigenvalue weighted by molar-refractivity contribution is 6.01. The first kappa shape index (κ1) is 14.1. The lowest BCUT2D eigenvalue weighted by molar-refractivity contribution is -0.149. The van der Waals surface area contributed by atoms with Gasteiger partial charge in [0, 0.05) is 12.1 Å². The minimum absolute atomic E-state index is 0.0486. The van der Waals surface area contributed by atoms with Crippen molar-refractivity contribution in [2.24, 2.45) is 0 Å². The number of amides is 1. The maximum Gasteiger partial charge on any atom is 0.334 e. The SMILES string of the molecule is CC(C(=O)O)(c1ccc(O)cc1)N1Cc2ccccc2C1=O. The summed E-state index contributed by atoms with van der Waals surface area (Å²) in [7, 11) is 0. The number of aromatic hydroxyl groups is 1. The molecule has 0 spiro atoms. The molecule has 2 aromatic carbocycles. The van der Waals surface area contributed by atoms with Crippen LogP contribution >= 0.6 is 0 Å². The van der Waals surface area contributed by atoms with E-state index in [1.165, 1.54) is 36.1 Å². The third-order valence-corrected chi connectivity index (χ3v) is 4.21. The molecule has 5 nitrogen and oxygen atoms in total. The van der Waals surface area contributed by atoms with E-state index in [9.17, 15) is 19.8 Å². The zero-order valence-electron chi connectivity index (χ0n) is 12.0. The van der Waals surface area contributed by atoms with Gasteiger partial charge in [0.05, 0.1) is 0 Å². The fraction of sp³-hybridized carbons (Fsp3) is 0.176. The summed E-state index contributed by atoms with van der Waals surface area (Å²) in [5, 5.41) is 19.1. The molecule has 2 N–H and O–H groups in total. The minimum atomic E-state index is -1.50. The molecule has 0 fully saturated rings. The Morgan fingerprint density at radius 2 is 1.77 bits per heavy atom. The lowest BCUT2D eigenvalue weighted by Crippen LogP contribution is -2.49. The number of nitrogens with zero attached hydrogens (tertiary/aromatic N) is 1. The van der Waals surface area contributed by atoms with Gasteiger partial charge < -0.3 is 15.1 Å². The van der Waals surface area contributed by atoms with Gasteiger partial charge in [0.15, 0.2) is 5.54 Å². The highest BCUT2D eigenvalue weighted by Gasteiger charge is 2.47. The van der Waals surface area contributed by atoms with Crippen LogP contribution in [0.3, 0.4) is 0 Å². The van der Waals surface area contributed by atoms with Gasteiger partial charge in [-0.15, -0.1) is 0 Å². The van der Waals surface area contributed by atoms with Crippen LogP contribution in [0.2, 0.25) is 0 Å². The highest BCUT2D eigenvalue weighted by Crippen LogP contribution is 2.36. The van der Waals surface area contributed by atoms with Gasteiger partial charge in [0.1, 0.15) is 5.75 Å². The van der Waals surface area contributed by atoms with Crippen molar-refractivity contribution in [1.82, 2.24) is 4.90 Å². The third kappa shape index (κ3) is 1.94. The molecule has 0 radical (unpaired) electrons. The van der Waals surface area contributed by atoms with E-state index in [1.54, 1.807) is 12.1 Å². The zero-order valence-corrected chi connectivity index (χ0v) is 12.0. The Labute approximate surface area is 127 Å². The number of carbonyl (C=O) groups is 2. The van der Waals surface area contributed by atoms with E-state index in [2.05, 4.69) is 0 Å². The number of phenolic OH excluding ortho intramolecular Hbond substituents is 1. The number of hydrogen-bond acceptors (Lipinski definition) is 3. The van der Waals surface area contributed by atoms with E-state index < -0.39 is 11.5 Å². The molecule has 0 saturated carbocycles. The van der Waals surface area contributed by atoms with Crippen LogP contribution in [0.5, 0.6) is 5.75 Å². The number of carboxylic acids is 1. The topological polar surface area (TPSA) is 77.8 Å². The van der Waals surface area contributed by atoms with Gasteiger partial charge in [0.2, 0.25) is 0 Å². The Morgan fingerprint density at radius 3 is 2.36 bits per heavy atom. The first-order valence-electron chi connectivity index (χ1n) is 6.87. The van der Waals surface area contributed by atoms with Crippen molar-refractivity contribution in [3.8, 4) is 5.75 Å². The molecule has 0 aliphatic carbocycles. The largest absolute Gasteiger partial charge is 0.508 e. The molecule has 1 amide bonds. The van der Waals surface area contributed by atoms with Crippen molar-refractivity contribution in [3.05, 3.63) is 65.2 Å². The number of carboxylic acid groups (broad SMARTS) is 1. The molecular formula is C17H15NO4. The second kappa shape index (κ2) is 4.87. The van der Waals surface area contributed by atoms with Crippen LogP contribution in [-0.2, 0) is 16.9 Å². The summed E-state index contributed by atoms with van der Waals surface area (Å²) >= 11 is 0. The molecule has 3 rings (SSSR count). The van der Waals surface area contributed by atoms with Crippen molar-refractivity contribution in [2.45, 2.75) is 19.0 Å². The molecule has 0 bridgehead atoms. The van der Waals surface area contributed by atoms with Gasteiger partial charge in [0.25, 0.3) is 5.91 Å². The van der Waals surface area contributed by atoms with Crippen molar-refractivity contribution >= 4 is 11.9 Å². The summed E-state index contributed by atoms with van der Waals surface area (Å²) in [6, 6.07) is 13.0. The van der Waals surface area contributed by atoms with Gasteiger partial charge >= 0.3 is 5.97 Å². The average Bonchev–Trinajstić information content (AvgIpc) is 2.85. The van der Waals surface area contributed by atoms with Crippen molar-refractivity contribution in [1.29, 1.82) is 0 Å². The van der Waals surface area contributed by atoms with E-state index >= 15 is 0 Å². The number of carbonyl (C=O) groups excluding carboxylic acids is 1. The Balaban J connectivity index is 2.08. The molecule has 1 aliphatic heterocycles. The summed E-state index contributed by atoms with van der Waals surface area (Å²) < 4.78 is 0. The molecule has 1 heterocycles. The van der Waals surface area contributed by atoms with Gasteiger partial charge in [-0.3, -0.25) is 4.79 Å². The summed E-state index contributed by atoms with van der Waals surface area (Å²) in [4.78, 5) is 25.9. The predicted molar refractivity (Wildman–Crippen MR) is 79.4 cm³/mol. The van der Waals surface area contributed by atoms with Gasteiger partial charge in [-0.2, -0.15) is 0 Å². The fourth-order valence-electron chi connectivity index (χ4n) is 2.80. The number of rotatable bonds is 3. The first-order chi connectivity index (χ1) is 10.4. The minimum Gasteiger partial charge on any atom is -0.508 e. The fourth-order valence-corrected chi connectivity index (χ4v) is 2.80. The normalized spacial score (nSPS) is 16.2. The van der Waals surface area contributed by atoms with Gasteiger partial charge in [-0.05, 0) is 36.2 Å². The molecule has 112 valence electrons. The summed E-state index contributed by atoms with van der Waals surface area (Å²) in [6.45, 7) is 1.75. The van der Waals surface area contributed by atoms with Crippen molar-refractivity contribution in [2.75, 3.05) is 0 Å². The maximum absolute atomic E-state index is 12.6. The number of aliphatic carboxylic acids is 1. The van der Waals surface area contributed by atoms with Crippen LogP contribution in [0, 0.1) is 0 Å². The lowest BCUT2D eigenvalue weighted by Gasteiger charge is -2.35. The zero-order chi connectivity index (χ0) is 15.9. The molecule has 2 aromatic rings. The second-order valence-corrected chi connectivity index (χ2v) is 5.47. The first-order valence-corrected chi connectivity index (χ1v) is 6.87. The van der Waals surface area contributed by atoms with Crippen molar-refractivity contribution < 1.29 is 19.8 Å². The maximum atomic E-state index is 12.6. The monoisotopic (exact) mass is 297 g/mol. The standard InChI is InChI=1S/C17H15NO4/c1-17(16(21)22,12-6-8-13(19)9-7-12)18-10-11-4-2-3-5-14(11)15(18)20/h2-9,19H,10H2,1H3,(H,21,22). The summed E-state index contributed by atoms with van der Waals surface area (Å²) in [6.07, 6.45) is 0. The van der Waals surface area contributed by atoms with Crippen LogP contribution in [-0.4, -0.2) is 27.0 Å². The highest BCUT2D eigenvalue weighted by atomic mass is 16.4. The predicted octanol–water partition coefficient (Wildman–Crippen LogP) is 2.35. The molecule has 0 aromatic heterocycles. The molecule has 1 atom stereocenters. The molecule has 1 aliphatic rings. The van der Waals surface area contributed by atoms with E-state index in [0.29, 0.717) is 11.1 Å². The number of benzene rings is 2. The van der Waals surface area contributed by atoms with Crippen molar-refractivity contribution in [3.63, 3.8) is 0 Å². The van der Waals surface area contributed by atoms with Crippen LogP contribution in [0.1, 0.15) is 28.4 Å². The van der Waals surface area contributed by atoms with E-state index in [4.69, 9.17) is 0 Å². The van der Waals surface area contributed by atoms with Gasteiger partial charge in [-0.25, -0.2) is 4.79 Å². The van der Waals surface area contributed by atoms with Crippen LogP contribution in [0.4, 0.5) is 0 Å². The number of hydrogen-bond donors (Lipinski definition) is 2. The molecule has 5 heteroatoms. The molecule has 22 heavy (non-hydrogen) atoms. The Bertz CT molecular complexity index is 754. The summed E-state index contributed by atoms with van der Waals surface area (Å²) in [5.41, 5.74) is 0.301. The third-order valence-electron chi connectivity index (χ3n) is 4.21. The van der Waals surface area contributed by atoms with Gasteiger partial charge in [-0.1, -0.05) is 30.3 Å². The van der Waals surface area contributed by atoms with Crippen LogP contribution in [0.15, 0.2) is 48.5 Å². The van der Waals surface area contributed by atoms with E-state index in [1.807, 2.05) is 12.1 Å². The summed E-state index contributed by atoms with van der Waals surface area (Å²) in [5.74, 6) is -1.36. The molecule has 0 saturated heterocycles. The smallest absolute Gasteiger partial charge is 0.334 e. The quantitative estimate of drug-likeness (QED) is 0.911. The van der Waals surface area contributed by atoms with E-state index in [-0.39, 0.29) is 18.2 Å². The second-order valence-electron chi connectivity index (χ2n) is 5.47. The Morgan fingerprint density at radius 1 is 1.14 bits per heavy atom. The number of fused-ring (bicyclic) bond motifs is 1. The average molecular weight is 297 g/mol. The Hall–Kier alpha value is -2.82. The van der Waals surface area contributed by atoms with Crippen LogP contribution < -0.4 is 0 Å². The lowest BCUT2D eigenvalue weighted by atomic mass is 9.90.